The summed E-state index contributed by atoms with van der Waals surface area (Å²) in [5, 5.41) is 12.2. The number of aliphatic hydroxyl groups is 1. The van der Waals surface area contributed by atoms with Crippen molar-refractivity contribution in [2.75, 3.05) is 13.9 Å². The molecule has 1 unspecified atom stereocenters. The molecule has 0 radical (unpaired) electrons. The standard InChI is InChI=1S/C13H12O4S/c1-15-9-5-8(6-10-13(9)17-7-16-10)12(14)11-3-2-4-18-11/h2-6,12,14H,7H2,1H3. The van der Waals surface area contributed by atoms with Gasteiger partial charge in [0.2, 0.25) is 12.5 Å². The summed E-state index contributed by atoms with van der Waals surface area (Å²) in [6, 6.07) is 7.37. The summed E-state index contributed by atoms with van der Waals surface area (Å²) < 4.78 is 15.9. The van der Waals surface area contributed by atoms with Crippen LogP contribution in [-0.4, -0.2) is 19.0 Å². The van der Waals surface area contributed by atoms with Crippen molar-refractivity contribution in [1.82, 2.24) is 0 Å². The second-order valence-electron chi connectivity index (χ2n) is 3.87. The quantitative estimate of drug-likeness (QED) is 0.925. The van der Waals surface area contributed by atoms with Crippen LogP contribution in [-0.2, 0) is 0 Å². The van der Waals surface area contributed by atoms with E-state index < -0.39 is 6.10 Å². The molecule has 94 valence electrons. The Morgan fingerprint density at radius 1 is 1.39 bits per heavy atom. The minimum Gasteiger partial charge on any atom is -0.493 e. The van der Waals surface area contributed by atoms with Crippen LogP contribution in [0.15, 0.2) is 29.6 Å². The average Bonchev–Trinajstić information content (AvgIpc) is 3.07. The molecule has 0 saturated carbocycles. The van der Waals surface area contributed by atoms with Crippen LogP contribution >= 0.6 is 11.3 Å². The maximum atomic E-state index is 10.3. The van der Waals surface area contributed by atoms with Crippen LogP contribution in [0.4, 0.5) is 0 Å². The molecule has 1 atom stereocenters. The molecular formula is C13H12O4S. The van der Waals surface area contributed by atoms with Gasteiger partial charge in [-0.1, -0.05) is 6.07 Å². The Balaban J connectivity index is 2.03. The Kier molecular flexibility index (Phi) is 2.85. The molecule has 0 saturated heterocycles. The molecule has 4 nitrogen and oxygen atoms in total. The highest BCUT2D eigenvalue weighted by Crippen LogP contribution is 2.44. The zero-order chi connectivity index (χ0) is 12.5. The predicted octanol–water partition coefficient (Wildman–Crippen LogP) is 2.57. The Morgan fingerprint density at radius 3 is 3.00 bits per heavy atom. The van der Waals surface area contributed by atoms with Gasteiger partial charge in [-0.05, 0) is 29.1 Å². The highest BCUT2D eigenvalue weighted by Gasteiger charge is 2.23. The van der Waals surface area contributed by atoms with Crippen molar-refractivity contribution in [1.29, 1.82) is 0 Å². The van der Waals surface area contributed by atoms with Crippen molar-refractivity contribution in [2.45, 2.75) is 6.10 Å². The summed E-state index contributed by atoms with van der Waals surface area (Å²) in [4.78, 5) is 0.885. The molecule has 0 spiro atoms. The molecule has 1 N–H and O–H groups in total. The van der Waals surface area contributed by atoms with Gasteiger partial charge >= 0.3 is 0 Å². The Bertz CT molecular complexity index is 550. The third-order valence-corrected chi connectivity index (χ3v) is 3.73. The number of hydrogen-bond donors (Lipinski definition) is 1. The molecule has 1 aliphatic rings. The number of ether oxygens (including phenoxy) is 3. The monoisotopic (exact) mass is 264 g/mol. The third-order valence-electron chi connectivity index (χ3n) is 2.81. The first-order valence-corrected chi connectivity index (χ1v) is 6.36. The number of methoxy groups -OCH3 is 1. The summed E-state index contributed by atoms with van der Waals surface area (Å²) in [7, 11) is 1.57. The van der Waals surface area contributed by atoms with Gasteiger partial charge < -0.3 is 19.3 Å². The van der Waals surface area contributed by atoms with Gasteiger partial charge in [-0.15, -0.1) is 11.3 Å². The van der Waals surface area contributed by atoms with Crippen LogP contribution in [0.2, 0.25) is 0 Å². The van der Waals surface area contributed by atoms with E-state index in [-0.39, 0.29) is 6.79 Å². The van der Waals surface area contributed by atoms with Crippen LogP contribution in [0.25, 0.3) is 0 Å². The number of rotatable bonds is 3. The summed E-state index contributed by atoms with van der Waals surface area (Å²) in [5.74, 6) is 1.79. The van der Waals surface area contributed by atoms with Gasteiger partial charge in [0.25, 0.3) is 0 Å². The lowest BCUT2D eigenvalue weighted by Crippen LogP contribution is -1.98. The Labute approximate surface area is 108 Å². The van der Waals surface area contributed by atoms with E-state index in [0.717, 1.165) is 10.4 Å². The van der Waals surface area contributed by atoms with Gasteiger partial charge in [0, 0.05) is 4.88 Å². The highest BCUT2D eigenvalue weighted by atomic mass is 32.1. The Morgan fingerprint density at radius 2 is 2.28 bits per heavy atom. The van der Waals surface area contributed by atoms with Crippen molar-refractivity contribution in [2.24, 2.45) is 0 Å². The normalized spacial score (nSPS) is 14.6. The van der Waals surface area contributed by atoms with Crippen molar-refractivity contribution < 1.29 is 19.3 Å². The third kappa shape index (κ3) is 1.81. The molecule has 0 fully saturated rings. The van der Waals surface area contributed by atoms with Gasteiger partial charge in [-0.3, -0.25) is 0 Å². The fourth-order valence-electron chi connectivity index (χ4n) is 1.92. The highest BCUT2D eigenvalue weighted by molar-refractivity contribution is 7.10. The SMILES string of the molecule is COc1cc(C(O)c2cccs2)cc2c1OCO2. The number of fused-ring (bicyclic) bond motifs is 1. The predicted molar refractivity (Wildman–Crippen MR) is 67.5 cm³/mol. The minimum absolute atomic E-state index is 0.185. The molecule has 1 aliphatic heterocycles. The lowest BCUT2D eigenvalue weighted by Gasteiger charge is -2.12. The average molecular weight is 264 g/mol. The lowest BCUT2D eigenvalue weighted by atomic mass is 10.1. The fraction of sp³-hybridized carbons (Fsp3) is 0.231. The molecule has 5 heteroatoms. The van der Waals surface area contributed by atoms with E-state index in [4.69, 9.17) is 14.2 Å². The number of thiophene rings is 1. The van der Waals surface area contributed by atoms with Crippen LogP contribution in [0, 0.1) is 0 Å². The smallest absolute Gasteiger partial charge is 0.231 e. The van der Waals surface area contributed by atoms with Crippen LogP contribution in [0.1, 0.15) is 16.5 Å². The van der Waals surface area contributed by atoms with Gasteiger partial charge in [0.05, 0.1) is 7.11 Å². The summed E-state index contributed by atoms with van der Waals surface area (Å²) >= 11 is 1.51. The van der Waals surface area contributed by atoms with Crippen molar-refractivity contribution >= 4 is 11.3 Å². The summed E-state index contributed by atoms with van der Waals surface area (Å²) in [6.07, 6.45) is -0.673. The van der Waals surface area contributed by atoms with E-state index >= 15 is 0 Å². The molecular weight excluding hydrogens is 252 g/mol. The first-order valence-electron chi connectivity index (χ1n) is 5.48. The van der Waals surface area contributed by atoms with Gasteiger partial charge in [-0.2, -0.15) is 0 Å². The first-order chi connectivity index (χ1) is 8.79. The molecule has 0 amide bonds. The second kappa shape index (κ2) is 4.51. The van der Waals surface area contributed by atoms with Gasteiger partial charge in [0.15, 0.2) is 11.5 Å². The van der Waals surface area contributed by atoms with Crippen LogP contribution in [0.3, 0.4) is 0 Å². The maximum absolute atomic E-state index is 10.3. The second-order valence-corrected chi connectivity index (χ2v) is 4.85. The van der Waals surface area contributed by atoms with E-state index in [1.54, 1.807) is 19.2 Å². The zero-order valence-electron chi connectivity index (χ0n) is 9.75. The van der Waals surface area contributed by atoms with E-state index in [9.17, 15) is 5.11 Å². The van der Waals surface area contributed by atoms with Crippen molar-refractivity contribution in [3.05, 3.63) is 40.1 Å². The topological polar surface area (TPSA) is 47.9 Å². The van der Waals surface area contributed by atoms with Crippen LogP contribution in [0.5, 0.6) is 17.2 Å². The molecule has 1 aromatic heterocycles. The fourth-order valence-corrected chi connectivity index (χ4v) is 2.66. The van der Waals surface area contributed by atoms with E-state index in [2.05, 4.69) is 0 Å². The van der Waals surface area contributed by atoms with E-state index in [0.29, 0.717) is 17.2 Å². The molecule has 18 heavy (non-hydrogen) atoms. The van der Waals surface area contributed by atoms with Crippen molar-refractivity contribution in [3.63, 3.8) is 0 Å². The summed E-state index contributed by atoms with van der Waals surface area (Å²) in [6.45, 7) is 0.185. The number of aliphatic hydroxyl groups excluding tert-OH is 1. The first kappa shape index (κ1) is 11.4. The molecule has 2 aromatic rings. The van der Waals surface area contributed by atoms with Gasteiger partial charge in [-0.25, -0.2) is 0 Å². The Hall–Kier alpha value is -1.72. The molecule has 3 rings (SSSR count). The molecule has 0 aliphatic carbocycles. The molecule has 2 heterocycles. The van der Waals surface area contributed by atoms with E-state index in [1.165, 1.54) is 11.3 Å². The number of hydrogen-bond acceptors (Lipinski definition) is 5. The number of benzene rings is 1. The lowest BCUT2D eigenvalue weighted by molar-refractivity contribution is 0.171. The molecule has 0 bridgehead atoms. The van der Waals surface area contributed by atoms with Crippen LogP contribution < -0.4 is 14.2 Å². The summed E-state index contributed by atoms with van der Waals surface area (Å²) in [5.41, 5.74) is 0.735. The van der Waals surface area contributed by atoms with Gasteiger partial charge in [0.1, 0.15) is 6.10 Å². The van der Waals surface area contributed by atoms with E-state index in [1.807, 2.05) is 17.5 Å². The largest absolute Gasteiger partial charge is 0.493 e. The minimum atomic E-state index is -0.673. The van der Waals surface area contributed by atoms with Crippen molar-refractivity contribution in [3.8, 4) is 17.2 Å². The maximum Gasteiger partial charge on any atom is 0.231 e. The zero-order valence-corrected chi connectivity index (χ0v) is 10.6. The molecule has 1 aromatic carbocycles.